The van der Waals surface area contributed by atoms with Crippen LogP contribution in [0.3, 0.4) is 0 Å². The van der Waals surface area contributed by atoms with E-state index in [1.165, 1.54) is 20.0 Å². The zero-order valence-electron chi connectivity index (χ0n) is 14.5. The van der Waals surface area contributed by atoms with E-state index >= 15 is 0 Å². The van der Waals surface area contributed by atoms with Crippen molar-refractivity contribution in [1.29, 1.82) is 0 Å². The van der Waals surface area contributed by atoms with Gasteiger partial charge in [0, 0.05) is 17.8 Å². The fourth-order valence-electron chi connectivity index (χ4n) is 2.42. The van der Waals surface area contributed by atoms with Crippen LogP contribution in [-0.4, -0.2) is 44.7 Å². The first kappa shape index (κ1) is 17.5. The molecule has 7 heteroatoms. The largest absolute Gasteiger partial charge is 0.493 e. The molecule has 25 heavy (non-hydrogen) atoms. The van der Waals surface area contributed by atoms with Crippen LogP contribution >= 0.6 is 0 Å². The second-order valence-electron chi connectivity index (χ2n) is 6.62. The molecule has 3 N–H and O–H groups in total. The Kier molecular flexibility index (Phi) is 5.75. The minimum atomic E-state index is -0.150. The summed E-state index contributed by atoms with van der Waals surface area (Å²) in [6, 6.07) is 5.42. The van der Waals surface area contributed by atoms with Crippen molar-refractivity contribution in [3.05, 3.63) is 18.2 Å². The minimum absolute atomic E-state index is 0.0762. The Morgan fingerprint density at radius 1 is 1.12 bits per heavy atom. The van der Waals surface area contributed by atoms with E-state index in [2.05, 4.69) is 16.0 Å². The van der Waals surface area contributed by atoms with Crippen molar-refractivity contribution in [2.45, 2.75) is 31.7 Å². The van der Waals surface area contributed by atoms with Gasteiger partial charge in [-0.1, -0.05) is 0 Å². The summed E-state index contributed by atoms with van der Waals surface area (Å²) in [6.07, 6.45) is 4.57. The number of nitrogens with one attached hydrogen (secondary N) is 3. The second kappa shape index (κ2) is 8.20. The van der Waals surface area contributed by atoms with Gasteiger partial charge in [0.25, 0.3) is 5.91 Å². The molecule has 0 saturated heterocycles. The number of amides is 2. The molecule has 2 aliphatic rings. The molecule has 7 nitrogen and oxygen atoms in total. The Balaban J connectivity index is 1.50. The zero-order chi connectivity index (χ0) is 17.6. The van der Waals surface area contributed by atoms with Crippen LogP contribution in [0.1, 0.15) is 25.7 Å². The molecular formula is C18H25N3O4. The number of hydrogen-bond acceptors (Lipinski definition) is 5. The van der Waals surface area contributed by atoms with E-state index in [0.717, 1.165) is 25.3 Å². The monoisotopic (exact) mass is 347 g/mol. The third-order valence-corrected chi connectivity index (χ3v) is 4.16. The fourth-order valence-corrected chi connectivity index (χ4v) is 2.42. The molecular weight excluding hydrogens is 322 g/mol. The van der Waals surface area contributed by atoms with Crippen LogP contribution in [0, 0.1) is 5.92 Å². The number of benzene rings is 1. The van der Waals surface area contributed by atoms with Gasteiger partial charge in [-0.25, -0.2) is 0 Å². The summed E-state index contributed by atoms with van der Waals surface area (Å²) in [5.74, 6) is 1.42. The van der Waals surface area contributed by atoms with E-state index in [4.69, 9.17) is 9.47 Å². The van der Waals surface area contributed by atoms with Crippen LogP contribution in [0.25, 0.3) is 0 Å². The zero-order valence-corrected chi connectivity index (χ0v) is 14.5. The first-order chi connectivity index (χ1) is 12.1. The Morgan fingerprint density at radius 3 is 2.60 bits per heavy atom. The van der Waals surface area contributed by atoms with E-state index < -0.39 is 0 Å². The van der Waals surface area contributed by atoms with Crippen molar-refractivity contribution in [2.75, 3.05) is 32.1 Å². The molecule has 0 atom stereocenters. The van der Waals surface area contributed by atoms with Crippen molar-refractivity contribution >= 4 is 17.5 Å². The molecule has 3 rings (SSSR count). The summed E-state index contributed by atoms with van der Waals surface area (Å²) in [5, 5.41) is 8.83. The lowest BCUT2D eigenvalue weighted by molar-refractivity contribution is -0.123. The quantitative estimate of drug-likeness (QED) is 0.594. The van der Waals surface area contributed by atoms with Gasteiger partial charge in [-0.05, 0) is 50.3 Å². The third-order valence-electron chi connectivity index (χ3n) is 4.16. The van der Waals surface area contributed by atoms with Crippen LogP contribution in [0.15, 0.2) is 18.2 Å². The molecule has 1 aromatic rings. The number of carbonyl (C=O) groups excluding carboxylic acids is 2. The van der Waals surface area contributed by atoms with Gasteiger partial charge in [0.2, 0.25) is 5.91 Å². The summed E-state index contributed by atoms with van der Waals surface area (Å²) < 4.78 is 10.8. The first-order valence-corrected chi connectivity index (χ1v) is 8.75. The molecule has 0 aliphatic heterocycles. The van der Waals surface area contributed by atoms with Crippen LogP contribution in [0.4, 0.5) is 5.69 Å². The normalized spacial score (nSPS) is 16.2. The number of methoxy groups -OCH3 is 1. The smallest absolute Gasteiger partial charge is 0.258 e. The molecule has 2 amide bonds. The number of hydrogen-bond donors (Lipinski definition) is 3. The van der Waals surface area contributed by atoms with E-state index in [9.17, 15) is 9.59 Å². The Bertz CT molecular complexity index is 627. The van der Waals surface area contributed by atoms with Crippen molar-refractivity contribution in [2.24, 2.45) is 5.92 Å². The standard InChI is InChI=1S/C18H25N3O4/c1-24-15-7-6-14(21-17(22)10-19-9-12-2-3-12)8-16(15)25-11-18(23)20-13-4-5-13/h6-8,12-13,19H,2-5,9-11H2,1H3,(H,20,23)(H,21,22). The van der Waals surface area contributed by atoms with E-state index in [1.807, 2.05) is 0 Å². The maximum Gasteiger partial charge on any atom is 0.258 e. The molecule has 0 heterocycles. The molecule has 0 radical (unpaired) electrons. The lowest BCUT2D eigenvalue weighted by atomic mass is 10.2. The van der Waals surface area contributed by atoms with Gasteiger partial charge in [0.05, 0.1) is 13.7 Å². The Morgan fingerprint density at radius 2 is 1.92 bits per heavy atom. The van der Waals surface area contributed by atoms with Gasteiger partial charge in [-0.2, -0.15) is 0 Å². The van der Waals surface area contributed by atoms with Gasteiger partial charge in [-0.15, -0.1) is 0 Å². The fraction of sp³-hybridized carbons (Fsp3) is 0.556. The van der Waals surface area contributed by atoms with E-state index in [0.29, 0.717) is 23.2 Å². The van der Waals surface area contributed by atoms with Crippen molar-refractivity contribution in [3.63, 3.8) is 0 Å². The summed E-state index contributed by atoms with van der Waals surface area (Å²) in [7, 11) is 1.53. The van der Waals surface area contributed by atoms with Crippen LogP contribution in [0.2, 0.25) is 0 Å². The average molecular weight is 347 g/mol. The minimum Gasteiger partial charge on any atom is -0.493 e. The first-order valence-electron chi connectivity index (χ1n) is 8.75. The van der Waals surface area contributed by atoms with E-state index in [-0.39, 0.29) is 25.0 Å². The molecule has 2 saturated carbocycles. The molecule has 2 aliphatic carbocycles. The molecule has 0 bridgehead atoms. The van der Waals surface area contributed by atoms with Crippen molar-refractivity contribution in [1.82, 2.24) is 10.6 Å². The number of anilines is 1. The molecule has 0 unspecified atom stereocenters. The van der Waals surface area contributed by atoms with Crippen LogP contribution in [0.5, 0.6) is 11.5 Å². The highest BCUT2D eigenvalue weighted by molar-refractivity contribution is 5.92. The summed E-state index contributed by atoms with van der Waals surface area (Å²) in [4.78, 5) is 23.7. The predicted molar refractivity (Wildman–Crippen MR) is 93.9 cm³/mol. The second-order valence-corrected chi connectivity index (χ2v) is 6.62. The molecule has 136 valence electrons. The molecule has 0 aromatic heterocycles. The summed E-state index contributed by atoms with van der Waals surface area (Å²) in [5.41, 5.74) is 0.608. The van der Waals surface area contributed by atoms with Gasteiger partial charge < -0.3 is 25.4 Å². The van der Waals surface area contributed by atoms with E-state index in [1.54, 1.807) is 18.2 Å². The Labute approximate surface area is 147 Å². The molecule has 0 spiro atoms. The predicted octanol–water partition coefficient (Wildman–Crippen LogP) is 1.29. The number of ether oxygens (including phenoxy) is 2. The average Bonchev–Trinajstić information content (AvgIpc) is 3.49. The maximum absolute atomic E-state index is 12.0. The van der Waals surface area contributed by atoms with Crippen molar-refractivity contribution < 1.29 is 19.1 Å². The van der Waals surface area contributed by atoms with Gasteiger partial charge in [0.1, 0.15) is 0 Å². The number of carbonyl (C=O) groups is 2. The lowest BCUT2D eigenvalue weighted by Crippen LogP contribution is -2.30. The number of rotatable bonds is 10. The summed E-state index contributed by atoms with van der Waals surface area (Å²) >= 11 is 0. The third kappa shape index (κ3) is 5.94. The SMILES string of the molecule is COc1ccc(NC(=O)CNCC2CC2)cc1OCC(=O)NC1CC1. The van der Waals surface area contributed by atoms with Crippen molar-refractivity contribution in [3.8, 4) is 11.5 Å². The molecule has 1 aromatic carbocycles. The highest BCUT2D eigenvalue weighted by atomic mass is 16.5. The van der Waals surface area contributed by atoms with Gasteiger partial charge in [0.15, 0.2) is 18.1 Å². The van der Waals surface area contributed by atoms with Gasteiger partial charge in [-0.3, -0.25) is 9.59 Å². The summed E-state index contributed by atoms with van der Waals surface area (Å²) in [6.45, 7) is 1.09. The van der Waals surface area contributed by atoms with Crippen LogP contribution < -0.4 is 25.4 Å². The Hall–Kier alpha value is -2.28. The van der Waals surface area contributed by atoms with Crippen LogP contribution in [-0.2, 0) is 9.59 Å². The molecule has 2 fully saturated rings. The van der Waals surface area contributed by atoms with Gasteiger partial charge >= 0.3 is 0 Å². The topological polar surface area (TPSA) is 88.7 Å². The highest BCUT2D eigenvalue weighted by Crippen LogP contribution is 2.30. The lowest BCUT2D eigenvalue weighted by Gasteiger charge is -2.13. The maximum atomic E-state index is 12.0. The highest BCUT2D eigenvalue weighted by Gasteiger charge is 2.23.